The fraction of sp³-hybridized carbons (Fsp3) is 0.875. The first-order chi connectivity index (χ1) is 5.77. The molecule has 0 aromatic carbocycles. The smallest absolute Gasteiger partial charge is 0.222 e. The Morgan fingerprint density at radius 3 is 3.00 bits per heavy atom. The molecule has 3 saturated heterocycles. The van der Waals surface area contributed by atoms with Gasteiger partial charge >= 0.3 is 0 Å². The van der Waals surface area contributed by atoms with Crippen LogP contribution in [0.4, 0.5) is 0 Å². The molecule has 4 nitrogen and oxygen atoms in total. The minimum absolute atomic E-state index is 0.0888. The highest BCUT2D eigenvalue weighted by Crippen LogP contribution is 2.43. The van der Waals surface area contributed by atoms with Gasteiger partial charge in [-0.2, -0.15) is 0 Å². The highest BCUT2D eigenvalue weighted by Gasteiger charge is 2.56. The zero-order chi connectivity index (χ0) is 8.29. The Morgan fingerprint density at radius 2 is 2.25 bits per heavy atom. The average molecular weight is 167 g/mol. The molecule has 12 heavy (non-hydrogen) atoms. The second-order valence-corrected chi connectivity index (χ2v) is 4.08. The third-order valence-corrected chi connectivity index (χ3v) is 3.44. The zero-order valence-corrected chi connectivity index (χ0v) is 6.94. The molecule has 0 aromatic heterocycles. The molecule has 66 valence electrons. The normalized spacial score (nSPS) is 54.8. The number of fused-ring (bicyclic) bond motifs is 4. The number of nitrogens with zero attached hydrogens (tertiary/aromatic N) is 2. The molecule has 4 heteroatoms. The fourth-order valence-corrected chi connectivity index (χ4v) is 2.80. The number of hydrazine groups is 1. The van der Waals surface area contributed by atoms with E-state index in [-0.39, 0.29) is 11.8 Å². The molecule has 0 saturated carbocycles. The quantitative estimate of drug-likeness (QED) is 0.511. The Balaban J connectivity index is 1.89. The Labute approximate surface area is 71.3 Å². The van der Waals surface area contributed by atoms with Gasteiger partial charge in [-0.05, 0) is 12.3 Å². The maximum absolute atomic E-state index is 11.2. The van der Waals surface area contributed by atoms with E-state index in [0.29, 0.717) is 12.0 Å². The van der Waals surface area contributed by atoms with Crippen LogP contribution in [0.3, 0.4) is 0 Å². The van der Waals surface area contributed by atoms with E-state index in [1.54, 1.807) is 0 Å². The van der Waals surface area contributed by atoms with Gasteiger partial charge < -0.3 is 5.73 Å². The van der Waals surface area contributed by atoms with Crippen LogP contribution in [0.5, 0.6) is 0 Å². The number of primary amides is 1. The maximum Gasteiger partial charge on any atom is 0.222 e. The summed E-state index contributed by atoms with van der Waals surface area (Å²) >= 11 is 0. The summed E-state index contributed by atoms with van der Waals surface area (Å²) in [5.74, 6) is 0.601. The van der Waals surface area contributed by atoms with Crippen molar-refractivity contribution in [2.45, 2.75) is 12.5 Å². The van der Waals surface area contributed by atoms with Crippen molar-refractivity contribution in [3.05, 3.63) is 0 Å². The fourth-order valence-electron chi connectivity index (χ4n) is 2.80. The molecule has 0 spiro atoms. The lowest BCUT2D eigenvalue weighted by atomic mass is 9.87. The van der Waals surface area contributed by atoms with E-state index < -0.39 is 0 Å². The Bertz CT molecular complexity index is 242. The van der Waals surface area contributed by atoms with Crippen molar-refractivity contribution in [3.63, 3.8) is 0 Å². The SMILES string of the molecule is NC(=O)C1C2CCN(C2)N2CC12. The molecular formula is C8H13N3O. The van der Waals surface area contributed by atoms with Crippen LogP contribution < -0.4 is 5.73 Å². The second-order valence-electron chi connectivity index (χ2n) is 4.08. The highest BCUT2D eigenvalue weighted by atomic mass is 16.1. The van der Waals surface area contributed by atoms with Gasteiger partial charge in [0, 0.05) is 19.6 Å². The average Bonchev–Trinajstić information content (AvgIpc) is 2.67. The Kier molecular flexibility index (Phi) is 1.14. The summed E-state index contributed by atoms with van der Waals surface area (Å²) in [6, 6.07) is 0.462. The van der Waals surface area contributed by atoms with Crippen LogP contribution in [-0.4, -0.2) is 41.6 Å². The number of carbonyl (C=O) groups excluding carboxylic acids is 1. The molecule has 3 aliphatic heterocycles. The summed E-state index contributed by atoms with van der Waals surface area (Å²) in [7, 11) is 0. The molecule has 3 rings (SSSR count). The third kappa shape index (κ3) is 0.716. The van der Waals surface area contributed by atoms with Gasteiger partial charge in [0.2, 0.25) is 5.91 Å². The summed E-state index contributed by atoms with van der Waals surface area (Å²) in [6.07, 6.45) is 1.15. The van der Waals surface area contributed by atoms with Crippen molar-refractivity contribution in [2.75, 3.05) is 19.6 Å². The van der Waals surface area contributed by atoms with Crippen LogP contribution in [0.1, 0.15) is 6.42 Å². The van der Waals surface area contributed by atoms with Crippen LogP contribution in [0, 0.1) is 11.8 Å². The first-order valence-electron chi connectivity index (χ1n) is 4.58. The zero-order valence-electron chi connectivity index (χ0n) is 6.94. The van der Waals surface area contributed by atoms with E-state index in [0.717, 1.165) is 26.1 Å². The lowest BCUT2D eigenvalue weighted by molar-refractivity contribution is -0.125. The van der Waals surface area contributed by atoms with E-state index in [1.165, 1.54) is 0 Å². The largest absolute Gasteiger partial charge is 0.369 e. The summed E-state index contributed by atoms with van der Waals surface area (Å²) in [5, 5.41) is 4.66. The number of amides is 1. The van der Waals surface area contributed by atoms with Gasteiger partial charge in [-0.25, -0.2) is 10.0 Å². The lowest BCUT2D eigenvalue weighted by Crippen LogP contribution is -2.43. The molecule has 3 fully saturated rings. The molecule has 0 radical (unpaired) electrons. The van der Waals surface area contributed by atoms with Crippen molar-refractivity contribution in [1.82, 2.24) is 10.0 Å². The van der Waals surface area contributed by atoms with E-state index in [2.05, 4.69) is 10.0 Å². The number of carbonyl (C=O) groups is 1. The minimum Gasteiger partial charge on any atom is -0.369 e. The van der Waals surface area contributed by atoms with E-state index in [1.807, 2.05) is 0 Å². The van der Waals surface area contributed by atoms with Gasteiger partial charge in [0.15, 0.2) is 0 Å². The van der Waals surface area contributed by atoms with Crippen LogP contribution in [-0.2, 0) is 4.79 Å². The summed E-state index contributed by atoms with van der Waals surface area (Å²) in [6.45, 7) is 3.25. The number of hydrogen-bond donors (Lipinski definition) is 1. The molecule has 5 unspecified atom stereocenters. The van der Waals surface area contributed by atoms with Gasteiger partial charge in [0.1, 0.15) is 0 Å². The van der Waals surface area contributed by atoms with E-state index >= 15 is 0 Å². The Hall–Kier alpha value is -0.610. The van der Waals surface area contributed by atoms with Crippen LogP contribution in [0.2, 0.25) is 0 Å². The predicted octanol–water partition coefficient (Wildman–Crippen LogP) is -0.977. The molecule has 0 aromatic rings. The number of hydrogen-bond acceptors (Lipinski definition) is 3. The van der Waals surface area contributed by atoms with Crippen molar-refractivity contribution in [1.29, 1.82) is 0 Å². The molecule has 0 aliphatic carbocycles. The van der Waals surface area contributed by atoms with Crippen molar-refractivity contribution in [3.8, 4) is 0 Å². The second kappa shape index (κ2) is 2.00. The summed E-state index contributed by atoms with van der Waals surface area (Å²) in [5.41, 5.74) is 5.38. The molecule has 3 heterocycles. The lowest BCUT2D eigenvalue weighted by Gasteiger charge is -2.28. The first-order valence-corrected chi connectivity index (χ1v) is 4.58. The molecule has 1 amide bonds. The van der Waals surface area contributed by atoms with Gasteiger partial charge in [-0.1, -0.05) is 0 Å². The summed E-state index contributed by atoms with van der Waals surface area (Å²) < 4.78 is 0. The van der Waals surface area contributed by atoms with E-state index in [4.69, 9.17) is 5.73 Å². The molecular weight excluding hydrogens is 154 g/mol. The molecule has 5 atom stereocenters. The monoisotopic (exact) mass is 167 g/mol. The van der Waals surface area contributed by atoms with Gasteiger partial charge in [-0.15, -0.1) is 0 Å². The molecule has 3 aliphatic rings. The molecule has 2 bridgehead atoms. The van der Waals surface area contributed by atoms with Gasteiger partial charge in [0.25, 0.3) is 0 Å². The minimum atomic E-state index is -0.0888. The standard InChI is InChI=1S/C8H13N3O/c9-8(12)7-5-1-2-10(3-5)11-4-6(7)11/h5-7H,1-4H2,(H2,9,12). The Morgan fingerprint density at radius 1 is 1.42 bits per heavy atom. The first kappa shape index (κ1) is 6.86. The van der Waals surface area contributed by atoms with Crippen LogP contribution >= 0.6 is 0 Å². The third-order valence-electron chi connectivity index (χ3n) is 3.44. The van der Waals surface area contributed by atoms with Crippen molar-refractivity contribution >= 4 is 5.91 Å². The highest BCUT2D eigenvalue weighted by molar-refractivity contribution is 5.78. The van der Waals surface area contributed by atoms with Crippen LogP contribution in [0.25, 0.3) is 0 Å². The predicted molar refractivity (Wildman–Crippen MR) is 42.9 cm³/mol. The van der Waals surface area contributed by atoms with Gasteiger partial charge in [0.05, 0.1) is 12.0 Å². The topological polar surface area (TPSA) is 49.3 Å². The van der Waals surface area contributed by atoms with Crippen molar-refractivity contribution < 1.29 is 4.79 Å². The van der Waals surface area contributed by atoms with E-state index in [9.17, 15) is 4.79 Å². The van der Waals surface area contributed by atoms with Crippen molar-refractivity contribution in [2.24, 2.45) is 17.6 Å². The number of nitrogens with two attached hydrogens (primary N) is 1. The summed E-state index contributed by atoms with van der Waals surface area (Å²) in [4.78, 5) is 11.2. The number of rotatable bonds is 1. The maximum atomic E-state index is 11.2. The van der Waals surface area contributed by atoms with Crippen LogP contribution in [0.15, 0.2) is 0 Å². The van der Waals surface area contributed by atoms with Gasteiger partial charge in [-0.3, -0.25) is 4.79 Å². The molecule has 2 N–H and O–H groups in total.